The van der Waals surface area contributed by atoms with Crippen molar-refractivity contribution in [3.63, 3.8) is 0 Å². The third kappa shape index (κ3) is 4.70. The number of hydrogen-bond donors (Lipinski definition) is 0. The summed E-state index contributed by atoms with van der Waals surface area (Å²) in [4.78, 5) is 16.3. The fraction of sp³-hybridized carbons (Fsp3) is 0.556. The molecule has 2 aromatic rings. The normalized spacial score (nSPS) is 18.4. The van der Waals surface area contributed by atoms with Gasteiger partial charge in [0.15, 0.2) is 0 Å². The lowest BCUT2D eigenvalue weighted by molar-refractivity contribution is -0.134. The van der Waals surface area contributed by atoms with E-state index >= 15 is 0 Å². The summed E-state index contributed by atoms with van der Waals surface area (Å²) in [5.41, 5.74) is 2.15. The first-order valence-electron chi connectivity index (χ1n) is 8.62. The van der Waals surface area contributed by atoms with Gasteiger partial charge in [-0.25, -0.2) is 0 Å². The van der Waals surface area contributed by atoms with Crippen LogP contribution in [0.3, 0.4) is 0 Å². The SMILES string of the molecule is Cc1cc(C)n(CC2CN(CC(=O)N(C)Cc3ccco3)CCO2)n1. The number of morpholine rings is 1. The molecule has 25 heavy (non-hydrogen) atoms. The van der Waals surface area contributed by atoms with Crippen molar-refractivity contribution >= 4 is 5.91 Å². The van der Waals surface area contributed by atoms with E-state index < -0.39 is 0 Å². The van der Waals surface area contributed by atoms with Crippen LogP contribution in [0.1, 0.15) is 17.1 Å². The molecule has 3 rings (SSSR count). The molecule has 2 aromatic heterocycles. The summed E-state index contributed by atoms with van der Waals surface area (Å²) >= 11 is 0. The number of furan rings is 1. The Labute approximate surface area is 148 Å². The Hall–Kier alpha value is -2.12. The first-order chi connectivity index (χ1) is 12.0. The Kier molecular flexibility index (Phi) is 5.55. The van der Waals surface area contributed by atoms with Crippen LogP contribution in [0.15, 0.2) is 28.9 Å². The summed E-state index contributed by atoms with van der Waals surface area (Å²) in [6, 6.07) is 5.77. The maximum absolute atomic E-state index is 12.4. The number of aryl methyl sites for hydroxylation is 2. The van der Waals surface area contributed by atoms with Crippen LogP contribution < -0.4 is 0 Å². The van der Waals surface area contributed by atoms with Crippen LogP contribution in [0.5, 0.6) is 0 Å². The third-order valence-electron chi connectivity index (χ3n) is 4.46. The first kappa shape index (κ1) is 17.7. The molecule has 3 heterocycles. The molecule has 1 saturated heterocycles. The van der Waals surface area contributed by atoms with Gasteiger partial charge in [-0.05, 0) is 32.0 Å². The Balaban J connectivity index is 1.50. The number of ether oxygens (including phenoxy) is 1. The number of amides is 1. The molecule has 0 spiro atoms. The number of nitrogens with zero attached hydrogens (tertiary/aromatic N) is 4. The second-order valence-corrected chi connectivity index (χ2v) is 6.67. The average molecular weight is 346 g/mol. The fourth-order valence-electron chi connectivity index (χ4n) is 3.12. The van der Waals surface area contributed by atoms with Crippen molar-refractivity contribution in [3.05, 3.63) is 41.6 Å². The minimum Gasteiger partial charge on any atom is -0.467 e. The smallest absolute Gasteiger partial charge is 0.236 e. The maximum atomic E-state index is 12.4. The van der Waals surface area contributed by atoms with Crippen molar-refractivity contribution in [1.29, 1.82) is 0 Å². The molecular weight excluding hydrogens is 320 g/mol. The van der Waals surface area contributed by atoms with Crippen molar-refractivity contribution < 1.29 is 13.9 Å². The molecule has 1 unspecified atom stereocenters. The zero-order valence-corrected chi connectivity index (χ0v) is 15.1. The van der Waals surface area contributed by atoms with E-state index in [0.29, 0.717) is 26.2 Å². The fourth-order valence-corrected chi connectivity index (χ4v) is 3.12. The van der Waals surface area contributed by atoms with E-state index in [9.17, 15) is 4.79 Å². The highest BCUT2D eigenvalue weighted by Crippen LogP contribution is 2.11. The van der Waals surface area contributed by atoms with E-state index in [1.165, 1.54) is 0 Å². The van der Waals surface area contributed by atoms with Gasteiger partial charge in [-0.3, -0.25) is 14.4 Å². The first-order valence-corrected chi connectivity index (χ1v) is 8.62. The predicted molar refractivity (Wildman–Crippen MR) is 93.1 cm³/mol. The Morgan fingerprint density at radius 1 is 1.44 bits per heavy atom. The molecular formula is C18H26N4O3. The minimum atomic E-state index is 0.0509. The van der Waals surface area contributed by atoms with Crippen molar-refractivity contribution in [1.82, 2.24) is 19.6 Å². The van der Waals surface area contributed by atoms with Crippen molar-refractivity contribution in [3.8, 4) is 0 Å². The van der Waals surface area contributed by atoms with Gasteiger partial charge < -0.3 is 14.1 Å². The van der Waals surface area contributed by atoms with Gasteiger partial charge in [0.25, 0.3) is 0 Å². The Morgan fingerprint density at radius 2 is 2.28 bits per heavy atom. The van der Waals surface area contributed by atoms with E-state index in [-0.39, 0.29) is 12.0 Å². The highest BCUT2D eigenvalue weighted by molar-refractivity contribution is 5.77. The molecule has 136 valence electrons. The highest BCUT2D eigenvalue weighted by atomic mass is 16.5. The van der Waals surface area contributed by atoms with E-state index in [1.807, 2.05) is 30.7 Å². The summed E-state index contributed by atoms with van der Waals surface area (Å²) in [6.07, 6.45) is 1.68. The number of hydrogen-bond acceptors (Lipinski definition) is 5. The topological polar surface area (TPSA) is 63.7 Å². The molecule has 0 saturated carbocycles. The quantitative estimate of drug-likeness (QED) is 0.792. The summed E-state index contributed by atoms with van der Waals surface area (Å²) < 4.78 is 13.1. The van der Waals surface area contributed by atoms with Crippen LogP contribution in [-0.4, -0.2) is 64.9 Å². The lowest BCUT2D eigenvalue weighted by Gasteiger charge is -2.33. The van der Waals surface area contributed by atoms with Crippen molar-refractivity contribution in [2.75, 3.05) is 33.3 Å². The molecule has 1 atom stereocenters. The number of carbonyl (C=O) groups is 1. The standard InChI is InChI=1S/C18H26N4O3/c1-14-9-15(2)22(19-14)12-17-11-21(6-8-25-17)13-18(23)20(3)10-16-5-4-7-24-16/h4-5,7,9,17H,6,8,10-13H2,1-3H3. The van der Waals surface area contributed by atoms with Gasteiger partial charge in [0.2, 0.25) is 5.91 Å². The zero-order valence-electron chi connectivity index (χ0n) is 15.1. The number of rotatable bonds is 6. The lowest BCUT2D eigenvalue weighted by Crippen LogP contribution is -2.48. The van der Waals surface area contributed by atoms with Crippen LogP contribution in [-0.2, 0) is 22.6 Å². The van der Waals surface area contributed by atoms with Crippen LogP contribution in [0.2, 0.25) is 0 Å². The van der Waals surface area contributed by atoms with Crippen molar-refractivity contribution in [2.45, 2.75) is 33.0 Å². The van der Waals surface area contributed by atoms with Crippen molar-refractivity contribution in [2.24, 2.45) is 0 Å². The molecule has 1 aliphatic rings. The van der Waals surface area contributed by atoms with Gasteiger partial charge in [0, 0.05) is 25.8 Å². The average Bonchev–Trinajstić information content (AvgIpc) is 3.17. The molecule has 0 N–H and O–H groups in total. The second-order valence-electron chi connectivity index (χ2n) is 6.67. The molecule has 0 radical (unpaired) electrons. The van der Waals surface area contributed by atoms with E-state index in [1.54, 1.807) is 18.2 Å². The van der Waals surface area contributed by atoms with E-state index in [0.717, 1.165) is 30.2 Å². The van der Waals surface area contributed by atoms with Gasteiger partial charge in [-0.15, -0.1) is 0 Å². The van der Waals surface area contributed by atoms with Crippen LogP contribution in [0.25, 0.3) is 0 Å². The van der Waals surface area contributed by atoms with Crippen LogP contribution in [0, 0.1) is 13.8 Å². The molecule has 1 fully saturated rings. The Morgan fingerprint density at radius 3 is 2.96 bits per heavy atom. The van der Waals surface area contributed by atoms with Gasteiger partial charge in [0.05, 0.1) is 44.3 Å². The number of likely N-dealkylation sites (N-methyl/N-ethyl adjacent to an activating group) is 1. The van der Waals surface area contributed by atoms with Gasteiger partial charge >= 0.3 is 0 Å². The summed E-state index contributed by atoms with van der Waals surface area (Å²) in [5.74, 6) is 0.878. The second kappa shape index (κ2) is 7.84. The Bertz CT molecular complexity index is 695. The molecule has 1 aliphatic heterocycles. The van der Waals surface area contributed by atoms with Gasteiger partial charge in [-0.2, -0.15) is 5.10 Å². The highest BCUT2D eigenvalue weighted by Gasteiger charge is 2.24. The zero-order chi connectivity index (χ0) is 17.8. The van der Waals surface area contributed by atoms with Crippen LogP contribution >= 0.6 is 0 Å². The number of carbonyl (C=O) groups excluding carboxylic acids is 1. The monoisotopic (exact) mass is 346 g/mol. The maximum Gasteiger partial charge on any atom is 0.236 e. The number of aromatic nitrogens is 2. The largest absolute Gasteiger partial charge is 0.467 e. The van der Waals surface area contributed by atoms with Crippen LogP contribution in [0.4, 0.5) is 0 Å². The van der Waals surface area contributed by atoms with Gasteiger partial charge in [-0.1, -0.05) is 0 Å². The summed E-state index contributed by atoms with van der Waals surface area (Å²) in [6.45, 7) is 7.79. The lowest BCUT2D eigenvalue weighted by atomic mass is 10.2. The molecule has 0 bridgehead atoms. The molecule has 7 nitrogen and oxygen atoms in total. The molecule has 7 heteroatoms. The summed E-state index contributed by atoms with van der Waals surface area (Å²) in [5, 5.41) is 4.49. The summed E-state index contributed by atoms with van der Waals surface area (Å²) in [7, 11) is 1.80. The molecule has 1 amide bonds. The minimum absolute atomic E-state index is 0.0509. The van der Waals surface area contributed by atoms with E-state index in [4.69, 9.17) is 9.15 Å². The van der Waals surface area contributed by atoms with Gasteiger partial charge in [0.1, 0.15) is 5.76 Å². The predicted octanol–water partition coefficient (Wildman–Crippen LogP) is 1.45. The third-order valence-corrected chi connectivity index (χ3v) is 4.46. The molecule has 0 aliphatic carbocycles. The molecule has 0 aromatic carbocycles. The van der Waals surface area contributed by atoms with E-state index in [2.05, 4.69) is 16.1 Å².